The highest BCUT2D eigenvalue weighted by atomic mass is 32.2. The molecular weight excluding hydrogens is 284 g/mol. The first kappa shape index (κ1) is 17.2. The predicted octanol–water partition coefficient (Wildman–Crippen LogP) is 2.20. The van der Waals surface area contributed by atoms with Crippen LogP contribution in [0.1, 0.15) is 59.3 Å². The third kappa shape index (κ3) is 3.99. The molecule has 0 radical (unpaired) electrons. The van der Waals surface area contributed by atoms with Gasteiger partial charge < -0.3 is 5.32 Å². The van der Waals surface area contributed by atoms with Crippen molar-refractivity contribution < 1.29 is 8.42 Å². The van der Waals surface area contributed by atoms with Crippen LogP contribution in [0.3, 0.4) is 0 Å². The van der Waals surface area contributed by atoms with Crippen LogP contribution in [0.15, 0.2) is 0 Å². The number of hydrogen-bond acceptors (Lipinski definition) is 4. The third-order valence-electron chi connectivity index (χ3n) is 5.37. The summed E-state index contributed by atoms with van der Waals surface area (Å²) in [6.07, 6.45) is 7.38. The quantitative estimate of drug-likeness (QED) is 0.816. The van der Waals surface area contributed by atoms with Crippen molar-refractivity contribution in [3.05, 3.63) is 0 Å². The van der Waals surface area contributed by atoms with E-state index in [-0.39, 0.29) is 10.8 Å². The Morgan fingerprint density at radius 1 is 1.29 bits per heavy atom. The minimum absolute atomic E-state index is 0.233. The van der Waals surface area contributed by atoms with Gasteiger partial charge in [0.25, 0.3) is 0 Å². The van der Waals surface area contributed by atoms with Crippen molar-refractivity contribution in [3.63, 3.8) is 0 Å². The summed E-state index contributed by atoms with van der Waals surface area (Å²) in [5.74, 6) is 0.311. The first-order valence-corrected chi connectivity index (χ1v) is 10.3. The van der Waals surface area contributed by atoms with Gasteiger partial charge in [0, 0.05) is 31.2 Å². The molecule has 2 fully saturated rings. The summed E-state index contributed by atoms with van der Waals surface area (Å²) in [6, 6.07) is 0.531. The fourth-order valence-electron chi connectivity index (χ4n) is 3.84. The van der Waals surface area contributed by atoms with E-state index in [0.717, 1.165) is 13.1 Å². The number of piperazine rings is 1. The highest BCUT2D eigenvalue weighted by Crippen LogP contribution is 2.37. The lowest BCUT2D eigenvalue weighted by Crippen LogP contribution is -2.64. The van der Waals surface area contributed by atoms with Crippen LogP contribution in [0.5, 0.6) is 0 Å². The summed E-state index contributed by atoms with van der Waals surface area (Å²) in [7, 11) is -2.94. The first-order chi connectivity index (χ1) is 9.89. The number of nitrogens with one attached hydrogen (secondary N) is 1. The molecule has 1 spiro atoms. The lowest BCUT2D eigenvalue weighted by molar-refractivity contribution is 0.0468. The van der Waals surface area contributed by atoms with Crippen LogP contribution in [0.4, 0.5) is 0 Å². The van der Waals surface area contributed by atoms with Crippen LogP contribution in [-0.2, 0) is 9.84 Å². The zero-order chi connectivity index (χ0) is 15.5. The van der Waals surface area contributed by atoms with Gasteiger partial charge in [0.05, 0.1) is 11.0 Å². The van der Waals surface area contributed by atoms with E-state index in [0.29, 0.717) is 18.3 Å². The van der Waals surface area contributed by atoms with E-state index in [2.05, 4.69) is 17.1 Å². The SMILES string of the molecule is CCCC1CN(CCS(=O)(=O)C(C)C)C2(CCCC2)CN1. The molecule has 124 valence electrons. The van der Waals surface area contributed by atoms with Gasteiger partial charge in [0.2, 0.25) is 0 Å². The molecule has 1 saturated heterocycles. The van der Waals surface area contributed by atoms with Crippen LogP contribution < -0.4 is 5.32 Å². The Balaban J connectivity index is 2.03. The van der Waals surface area contributed by atoms with Crippen molar-refractivity contribution >= 4 is 9.84 Å². The second-order valence-electron chi connectivity index (χ2n) is 7.16. The summed E-state index contributed by atoms with van der Waals surface area (Å²) in [5.41, 5.74) is 0.233. The van der Waals surface area contributed by atoms with Gasteiger partial charge in [0.15, 0.2) is 9.84 Å². The van der Waals surface area contributed by atoms with Crippen molar-refractivity contribution in [2.75, 3.05) is 25.4 Å². The van der Waals surface area contributed by atoms with E-state index >= 15 is 0 Å². The Labute approximate surface area is 130 Å². The van der Waals surface area contributed by atoms with Crippen LogP contribution in [-0.4, -0.2) is 55.5 Å². The maximum atomic E-state index is 12.1. The van der Waals surface area contributed by atoms with Gasteiger partial charge in [0.1, 0.15) is 0 Å². The number of hydrogen-bond donors (Lipinski definition) is 1. The van der Waals surface area contributed by atoms with Gasteiger partial charge in [-0.25, -0.2) is 8.42 Å². The first-order valence-electron chi connectivity index (χ1n) is 8.59. The topological polar surface area (TPSA) is 49.4 Å². The molecule has 1 atom stereocenters. The van der Waals surface area contributed by atoms with Gasteiger partial charge in [-0.05, 0) is 33.1 Å². The summed E-state index contributed by atoms with van der Waals surface area (Å²) in [6.45, 7) is 8.56. The van der Waals surface area contributed by atoms with E-state index in [9.17, 15) is 8.42 Å². The Morgan fingerprint density at radius 3 is 2.52 bits per heavy atom. The molecule has 1 aliphatic heterocycles. The van der Waals surface area contributed by atoms with E-state index in [1.807, 2.05) is 0 Å². The normalized spacial score (nSPS) is 26.8. The Kier molecular flexibility index (Phi) is 5.71. The van der Waals surface area contributed by atoms with E-state index in [1.165, 1.54) is 38.5 Å². The highest BCUT2D eigenvalue weighted by Gasteiger charge is 2.43. The smallest absolute Gasteiger partial charge is 0.153 e. The Bertz CT molecular complexity index is 428. The lowest BCUT2D eigenvalue weighted by Gasteiger charge is -2.48. The molecule has 1 heterocycles. The monoisotopic (exact) mass is 316 g/mol. The van der Waals surface area contributed by atoms with Crippen molar-refractivity contribution in [1.82, 2.24) is 10.2 Å². The van der Waals surface area contributed by atoms with E-state index in [1.54, 1.807) is 13.8 Å². The maximum Gasteiger partial charge on any atom is 0.153 e. The number of nitrogens with zero attached hydrogens (tertiary/aromatic N) is 1. The minimum Gasteiger partial charge on any atom is -0.311 e. The van der Waals surface area contributed by atoms with Gasteiger partial charge >= 0.3 is 0 Å². The zero-order valence-corrected chi connectivity index (χ0v) is 14.7. The average molecular weight is 317 g/mol. The molecule has 0 aromatic rings. The summed E-state index contributed by atoms with van der Waals surface area (Å²) >= 11 is 0. The van der Waals surface area contributed by atoms with Crippen LogP contribution in [0.25, 0.3) is 0 Å². The van der Waals surface area contributed by atoms with Crippen molar-refractivity contribution in [2.45, 2.75) is 76.1 Å². The van der Waals surface area contributed by atoms with Crippen molar-refractivity contribution in [3.8, 4) is 0 Å². The molecular formula is C16H32N2O2S. The molecule has 0 aromatic carbocycles. The van der Waals surface area contributed by atoms with Gasteiger partial charge in [-0.15, -0.1) is 0 Å². The zero-order valence-electron chi connectivity index (χ0n) is 13.9. The fraction of sp³-hybridized carbons (Fsp3) is 1.00. The van der Waals surface area contributed by atoms with Gasteiger partial charge in [-0.1, -0.05) is 26.2 Å². The van der Waals surface area contributed by atoms with Crippen LogP contribution in [0.2, 0.25) is 0 Å². The van der Waals surface area contributed by atoms with E-state index < -0.39 is 9.84 Å². The molecule has 4 nitrogen and oxygen atoms in total. The molecule has 5 heteroatoms. The largest absolute Gasteiger partial charge is 0.311 e. The second-order valence-corrected chi connectivity index (χ2v) is 9.84. The molecule has 1 N–H and O–H groups in total. The molecule has 1 unspecified atom stereocenters. The maximum absolute atomic E-state index is 12.1. The number of sulfone groups is 1. The summed E-state index contributed by atoms with van der Waals surface area (Å²) < 4.78 is 24.3. The molecule has 0 aromatic heterocycles. The molecule has 1 saturated carbocycles. The molecule has 21 heavy (non-hydrogen) atoms. The summed E-state index contributed by atoms with van der Waals surface area (Å²) in [4.78, 5) is 2.51. The molecule has 2 rings (SSSR count). The van der Waals surface area contributed by atoms with E-state index in [4.69, 9.17) is 0 Å². The third-order valence-corrected chi connectivity index (χ3v) is 7.55. The average Bonchev–Trinajstić information content (AvgIpc) is 2.89. The second kappa shape index (κ2) is 6.97. The fourth-order valence-corrected chi connectivity index (χ4v) is 4.79. The molecule has 0 bridgehead atoms. The molecule has 2 aliphatic rings. The minimum atomic E-state index is -2.94. The van der Waals surface area contributed by atoms with Crippen LogP contribution >= 0.6 is 0 Å². The van der Waals surface area contributed by atoms with Gasteiger partial charge in [-0.2, -0.15) is 0 Å². The van der Waals surface area contributed by atoms with Crippen molar-refractivity contribution in [2.24, 2.45) is 0 Å². The van der Waals surface area contributed by atoms with Crippen LogP contribution in [0, 0.1) is 0 Å². The Hall–Kier alpha value is -0.130. The van der Waals surface area contributed by atoms with Gasteiger partial charge in [-0.3, -0.25) is 4.90 Å². The Morgan fingerprint density at radius 2 is 1.95 bits per heavy atom. The lowest BCUT2D eigenvalue weighted by atomic mass is 9.90. The predicted molar refractivity (Wildman–Crippen MR) is 88.4 cm³/mol. The van der Waals surface area contributed by atoms with Crippen molar-refractivity contribution in [1.29, 1.82) is 0 Å². The molecule has 0 amide bonds. The number of rotatable bonds is 6. The standard InChI is InChI=1S/C16H32N2O2S/c1-4-7-15-12-18(10-11-21(19,20)14(2)3)16(13-17-15)8-5-6-9-16/h14-15,17H,4-13H2,1-3H3. The highest BCUT2D eigenvalue weighted by molar-refractivity contribution is 7.92. The summed E-state index contributed by atoms with van der Waals surface area (Å²) in [5, 5.41) is 3.45. The molecule has 1 aliphatic carbocycles.